The standard InChI is InChI=1S/C28H24FNO6/c1-5-15-6-9-18(10-7-15)30-24(16-12-21(33-2)26(35-4)22(13-16)34-3)23-25(31)19-14-17(29)8-11-20(19)36-27(23)28(30)32/h6-14,24H,5H2,1-4H3. The molecular weight excluding hydrogens is 465 g/mol. The number of rotatable bonds is 6. The topological polar surface area (TPSA) is 78.2 Å². The minimum atomic E-state index is -0.877. The Kier molecular flexibility index (Phi) is 5.88. The van der Waals surface area contributed by atoms with Gasteiger partial charge in [-0.1, -0.05) is 19.1 Å². The summed E-state index contributed by atoms with van der Waals surface area (Å²) < 4.78 is 36.5. The third kappa shape index (κ3) is 3.57. The van der Waals surface area contributed by atoms with Gasteiger partial charge in [0.25, 0.3) is 5.91 Å². The van der Waals surface area contributed by atoms with Crippen LogP contribution in [0.25, 0.3) is 11.0 Å². The highest BCUT2D eigenvalue weighted by atomic mass is 19.1. The third-order valence-corrected chi connectivity index (χ3v) is 6.46. The summed E-state index contributed by atoms with van der Waals surface area (Å²) >= 11 is 0. The minimum absolute atomic E-state index is 0.0576. The van der Waals surface area contributed by atoms with Gasteiger partial charge >= 0.3 is 0 Å². The Labute approximate surface area is 206 Å². The molecule has 8 heteroatoms. The van der Waals surface area contributed by atoms with E-state index in [1.54, 1.807) is 12.1 Å². The second kappa shape index (κ2) is 9.03. The summed E-state index contributed by atoms with van der Waals surface area (Å²) in [5.74, 6) is -0.0283. The van der Waals surface area contributed by atoms with Crippen molar-refractivity contribution in [1.82, 2.24) is 0 Å². The number of nitrogens with zero attached hydrogens (tertiary/aromatic N) is 1. The van der Waals surface area contributed by atoms with Crippen molar-refractivity contribution in [2.75, 3.05) is 26.2 Å². The zero-order valence-corrected chi connectivity index (χ0v) is 20.3. The molecule has 1 unspecified atom stereocenters. The molecule has 0 fully saturated rings. The second-order valence-electron chi connectivity index (χ2n) is 8.37. The van der Waals surface area contributed by atoms with E-state index in [1.165, 1.54) is 38.4 Å². The van der Waals surface area contributed by atoms with Crippen molar-refractivity contribution in [3.05, 3.63) is 93.1 Å². The average molecular weight is 489 g/mol. The Hall–Kier alpha value is -4.33. The van der Waals surface area contributed by atoms with Crippen molar-refractivity contribution in [2.24, 2.45) is 0 Å². The van der Waals surface area contributed by atoms with Crippen molar-refractivity contribution in [2.45, 2.75) is 19.4 Å². The first kappa shape index (κ1) is 23.4. The van der Waals surface area contributed by atoms with Crippen LogP contribution in [0, 0.1) is 5.82 Å². The van der Waals surface area contributed by atoms with Crippen LogP contribution in [0.3, 0.4) is 0 Å². The molecule has 0 aliphatic carbocycles. The predicted octanol–water partition coefficient (Wildman–Crippen LogP) is 5.27. The quantitative estimate of drug-likeness (QED) is 0.367. The summed E-state index contributed by atoms with van der Waals surface area (Å²) in [4.78, 5) is 29.0. The van der Waals surface area contributed by atoms with Gasteiger partial charge in [0.05, 0.1) is 38.3 Å². The zero-order chi connectivity index (χ0) is 25.6. The van der Waals surface area contributed by atoms with Gasteiger partial charge in [0, 0.05) is 5.69 Å². The summed E-state index contributed by atoms with van der Waals surface area (Å²) in [5, 5.41) is 0.0576. The van der Waals surface area contributed by atoms with Crippen LogP contribution in [-0.2, 0) is 6.42 Å². The number of anilines is 1. The molecule has 1 aliphatic heterocycles. The van der Waals surface area contributed by atoms with E-state index in [0.29, 0.717) is 28.5 Å². The van der Waals surface area contributed by atoms with Crippen molar-refractivity contribution in [1.29, 1.82) is 0 Å². The highest BCUT2D eigenvalue weighted by Crippen LogP contribution is 2.46. The van der Waals surface area contributed by atoms with Crippen molar-refractivity contribution in [3.63, 3.8) is 0 Å². The molecule has 0 bridgehead atoms. The molecule has 4 aromatic rings. The summed E-state index contributed by atoms with van der Waals surface area (Å²) in [6.45, 7) is 2.04. The fourth-order valence-electron chi connectivity index (χ4n) is 4.68. The molecule has 0 saturated carbocycles. The number of methoxy groups -OCH3 is 3. The molecule has 1 aliphatic rings. The molecule has 0 radical (unpaired) electrons. The largest absolute Gasteiger partial charge is 0.493 e. The van der Waals surface area contributed by atoms with Gasteiger partial charge in [-0.05, 0) is 60.0 Å². The van der Waals surface area contributed by atoms with Crippen LogP contribution in [0.1, 0.15) is 40.2 Å². The van der Waals surface area contributed by atoms with E-state index in [2.05, 4.69) is 0 Å². The smallest absolute Gasteiger partial charge is 0.295 e. The second-order valence-corrected chi connectivity index (χ2v) is 8.37. The van der Waals surface area contributed by atoms with Crippen LogP contribution in [0.2, 0.25) is 0 Å². The molecule has 5 rings (SSSR count). The van der Waals surface area contributed by atoms with E-state index in [9.17, 15) is 14.0 Å². The molecule has 1 atom stereocenters. The van der Waals surface area contributed by atoms with Gasteiger partial charge in [-0.25, -0.2) is 4.39 Å². The molecule has 3 aromatic carbocycles. The fourth-order valence-corrected chi connectivity index (χ4v) is 4.68. The van der Waals surface area contributed by atoms with Gasteiger partial charge in [0.1, 0.15) is 11.4 Å². The zero-order valence-electron chi connectivity index (χ0n) is 20.3. The van der Waals surface area contributed by atoms with Gasteiger partial charge in [-0.3, -0.25) is 14.5 Å². The molecular formula is C28H24FNO6. The summed E-state index contributed by atoms with van der Waals surface area (Å²) in [6.07, 6.45) is 0.835. The summed E-state index contributed by atoms with van der Waals surface area (Å²) in [6, 6.07) is 13.7. The Morgan fingerprint density at radius 1 is 0.917 bits per heavy atom. The van der Waals surface area contributed by atoms with E-state index in [-0.39, 0.29) is 22.3 Å². The number of aryl methyl sites for hydroxylation is 1. The number of benzene rings is 3. The Balaban J connectivity index is 1.82. The van der Waals surface area contributed by atoms with Gasteiger partial charge in [0.2, 0.25) is 11.5 Å². The Bertz CT molecular complexity index is 1520. The number of hydrogen-bond acceptors (Lipinski definition) is 6. The molecule has 0 saturated heterocycles. The number of amides is 1. The number of halogens is 1. The Morgan fingerprint density at radius 3 is 2.17 bits per heavy atom. The van der Waals surface area contributed by atoms with Gasteiger partial charge < -0.3 is 18.6 Å². The molecule has 0 N–H and O–H groups in total. The highest BCUT2D eigenvalue weighted by Gasteiger charge is 2.44. The number of carbonyl (C=O) groups is 1. The maximum atomic E-state index is 14.1. The number of hydrogen-bond donors (Lipinski definition) is 0. The van der Waals surface area contributed by atoms with E-state index in [4.69, 9.17) is 18.6 Å². The fraction of sp³-hybridized carbons (Fsp3) is 0.214. The van der Waals surface area contributed by atoms with Gasteiger partial charge in [0.15, 0.2) is 16.9 Å². The van der Waals surface area contributed by atoms with Crippen LogP contribution >= 0.6 is 0 Å². The van der Waals surface area contributed by atoms with Gasteiger partial charge in [-0.15, -0.1) is 0 Å². The monoisotopic (exact) mass is 489 g/mol. The van der Waals surface area contributed by atoms with Crippen LogP contribution in [-0.4, -0.2) is 27.2 Å². The maximum absolute atomic E-state index is 14.1. The maximum Gasteiger partial charge on any atom is 0.295 e. The molecule has 36 heavy (non-hydrogen) atoms. The number of fused-ring (bicyclic) bond motifs is 2. The molecule has 1 amide bonds. The first-order chi connectivity index (χ1) is 17.4. The lowest BCUT2D eigenvalue weighted by atomic mass is 9.97. The third-order valence-electron chi connectivity index (χ3n) is 6.46. The molecule has 184 valence electrons. The normalized spacial score (nSPS) is 14.8. The average Bonchev–Trinajstić information content (AvgIpc) is 3.20. The molecule has 7 nitrogen and oxygen atoms in total. The molecule has 1 aromatic heterocycles. The van der Waals surface area contributed by atoms with E-state index in [0.717, 1.165) is 18.1 Å². The van der Waals surface area contributed by atoms with Crippen LogP contribution in [0.5, 0.6) is 17.2 Å². The lowest BCUT2D eigenvalue weighted by Crippen LogP contribution is -2.29. The van der Waals surface area contributed by atoms with E-state index < -0.39 is 23.2 Å². The lowest BCUT2D eigenvalue weighted by Gasteiger charge is -2.26. The van der Waals surface area contributed by atoms with Crippen LogP contribution in [0.15, 0.2) is 63.8 Å². The van der Waals surface area contributed by atoms with E-state index in [1.807, 2.05) is 31.2 Å². The van der Waals surface area contributed by atoms with Crippen molar-refractivity contribution >= 4 is 22.6 Å². The van der Waals surface area contributed by atoms with Crippen LogP contribution in [0.4, 0.5) is 10.1 Å². The first-order valence-electron chi connectivity index (χ1n) is 11.4. The van der Waals surface area contributed by atoms with E-state index >= 15 is 0 Å². The van der Waals surface area contributed by atoms with Gasteiger partial charge in [-0.2, -0.15) is 0 Å². The van der Waals surface area contributed by atoms with Crippen LogP contribution < -0.4 is 24.5 Å². The summed E-state index contributed by atoms with van der Waals surface area (Å²) in [5.41, 5.74) is 2.00. The molecule has 0 spiro atoms. The minimum Gasteiger partial charge on any atom is -0.493 e. The summed E-state index contributed by atoms with van der Waals surface area (Å²) in [7, 11) is 4.47. The Morgan fingerprint density at radius 2 is 1.58 bits per heavy atom. The SMILES string of the molecule is CCc1ccc(N2C(=O)c3oc4ccc(F)cc4c(=O)c3C2c2cc(OC)c(OC)c(OC)c2)cc1. The lowest BCUT2D eigenvalue weighted by molar-refractivity contribution is 0.0971. The predicted molar refractivity (Wildman–Crippen MR) is 133 cm³/mol. The first-order valence-corrected chi connectivity index (χ1v) is 11.4. The highest BCUT2D eigenvalue weighted by molar-refractivity contribution is 6.10. The van der Waals surface area contributed by atoms with Crippen molar-refractivity contribution < 1.29 is 27.8 Å². The number of ether oxygens (including phenoxy) is 3. The number of carbonyl (C=O) groups excluding carboxylic acids is 1. The molecule has 2 heterocycles. The van der Waals surface area contributed by atoms with Crippen molar-refractivity contribution in [3.8, 4) is 17.2 Å².